The van der Waals surface area contributed by atoms with E-state index in [1.807, 2.05) is 0 Å². The highest BCUT2D eigenvalue weighted by atomic mass is 16.5. The maximum Gasteiger partial charge on any atom is 0.156 e. The van der Waals surface area contributed by atoms with Gasteiger partial charge in [0.25, 0.3) is 0 Å². The molecule has 0 bridgehead atoms. The van der Waals surface area contributed by atoms with E-state index in [4.69, 9.17) is 4.74 Å². The molecule has 1 fully saturated rings. The number of hydrogen-bond acceptors (Lipinski definition) is 3. The molecule has 78 valence electrons. The van der Waals surface area contributed by atoms with Crippen molar-refractivity contribution in [2.24, 2.45) is 0 Å². The number of aromatic nitrogens is 3. The van der Waals surface area contributed by atoms with E-state index < -0.39 is 0 Å². The zero-order valence-electron chi connectivity index (χ0n) is 8.79. The van der Waals surface area contributed by atoms with E-state index in [-0.39, 0.29) is 0 Å². The first kappa shape index (κ1) is 9.65. The van der Waals surface area contributed by atoms with E-state index >= 15 is 0 Å². The minimum absolute atomic E-state index is 0.355. The predicted molar refractivity (Wildman–Crippen MR) is 53.1 cm³/mol. The molecule has 1 aliphatic heterocycles. The van der Waals surface area contributed by atoms with Crippen molar-refractivity contribution in [1.82, 2.24) is 15.2 Å². The topological polar surface area (TPSA) is 50.8 Å². The average molecular weight is 195 g/mol. The van der Waals surface area contributed by atoms with E-state index in [1.54, 1.807) is 0 Å². The summed E-state index contributed by atoms with van der Waals surface area (Å²) in [6.07, 6.45) is 3.49. The Labute approximate surface area is 84.1 Å². The van der Waals surface area contributed by atoms with Crippen LogP contribution in [0.3, 0.4) is 0 Å². The van der Waals surface area contributed by atoms with Gasteiger partial charge in [-0.1, -0.05) is 6.92 Å². The van der Waals surface area contributed by atoms with E-state index in [0.29, 0.717) is 12.0 Å². The second-order valence-corrected chi connectivity index (χ2v) is 3.97. The average Bonchev–Trinajstić information content (AvgIpc) is 2.74. The standard InChI is InChI=1S/C10H17N3O/c1-3-4-9-11-10(13-12-9)8-5-7(2)14-6-8/h7-8H,3-6H2,1-2H3,(H,11,12,13). The van der Waals surface area contributed by atoms with Crippen molar-refractivity contribution in [1.29, 1.82) is 0 Å². The van der Waals surface area contributed by atoms with Crippen LogP contribution in [0.5, 0.6) is 0 Å². The quantitative estimate of drug-likeness (QED) is 0.797. The molecule has 0 radical (unpaired) electrons. The van der Waals surface area contributed by atoms with E-state index in [0.717, 1.165) is 37.5 Å². The Kier molecular flexibility index (Phi) is 2.82. The van der Waals surface area contributed by atoms with Crippen LogP contribution in [0.15, 0.2) is 0 Å². The molecule has 0 saturated carbocycles. The molecule has 0 amide bonds. The number of hydrogen-bond donors (Lipinski definition) is 1. The Hall–Kier alpha value is -0.900. The number of rotatable bonds is 3. The largest absolute Gasteiger partial charge is 0.378 e. The summed E-state index contributed by atoms with van der Waals surface area (Å²) in [6.45, 7) is 5.01. The number of ether oxygens (including phenoxy) is 1. The number of nitrogens with zero attached hydrogens (tertiary/aromatic N) is 2. The van der Waals surface area contributed by atoms with Gasteiger partial charge >= 0.3 is 0 Å². The molecule has 1 N–H and O–H groups in total. The van der Waals surface area contributed by atoms with Gasteiger partial charge in [-0.05, 0) is 19.8 Å². The minimum atomic E-state index is 0.355. The van der Waals surface area contributed by atoms with Crippen LogP contribution in [-0.2, 0) is 11.2 Å². The van der Waals surface area contributed by atoms with Crippen LogP contribution >= 0.6 is 0 Å². The predicted octanol–water partition coefficient (Wildman–Crippen LogP) is 1.65. The number of aryl methyl sites for hydroxylation is 1. The zero-order valence-corrected chi connectivity index (χ0v) is 8.79. The van der Waals surface area contributed by atoms with Crippen molar-refractivity contribution in [3.63, 3.8) is 0 Å². The lowest BCUT2D eigenvalue weighted by molar-refractivity contribution is 0.123. The highest BCUT2D eigenvalue weighted by molar-refractivity contribution is 5.00. The van der Waals surface area contributed by atoms with Gasteiger partial charge in [-0.25, -0.2) is 4.98 Å². The first-order valence-electron chi connectivity index (χ1n) is 5.32. The summed E-state index contributed by atoms with van der Waals surface area (Å²) in [5, 5.41) is 7.22. The van der Waals surface area contributed by atoms with Crippen molar-refractivity contribution >= 4 is 0 Å². The van der Waals surface area contributed by atoms with Crippen LogP contribution < -0.4 is 0 Å². The molecule has 0 spiro atoms. The first-order chi connectivity index (χ1) is 6.79. The Bertz CT molecular complexity index is 297. The van der Waals surface area contributed by atoms with Crippen molar-refractivity contribution in [2.45, 2.75) is 45.1 Å². The third-order valence-electron chi connectivity index (χ3n) is 2.60. The van der Waals surface area contributed by atoms with Crippen molar-refractivity contribution < 1.29 is 4.74 Å². The molecule has 4 heteroatoms. The molecule has 1 saturated heterocycles. The van der Waals surface area contributed by atoms with Gasteiger partial charge < -0.3 is 4.74 Å². The van der Waals surface area contributed by atoms with Crippen LogP contribution in [0.4, 0.5) is 0 Å². The zero-order chi connectivity index (χ0) is 9.97. The fourth-order valence-electron chi connectivity index (χ4n) is 1.84. The molecular weight excluding hydrogens is 178 g/mol. The van der Waals surface area contributed by atoms with Crippen LogP contribution in [-0.4, -0.2) is 27.9 Å². The Morgan fingerprint density at radius 2 is 2.43 bits per heavy atom. The van der Waals surface area contributed by atoms with E-state index in [1.165, 1.54) is 0 Å². The molecule has 2 heterocycles. The normalized spacial score (nSPS) is 27.0. The van der Waals surface area contributed by atoms with Crippen LogP contribution in [0, 0.1) is 0 Å². The van der Waals surface area contributed by atoms with Gasteiger partial charge in [0.2, 0.25) is 0 Å². The van der Waals surface area contributed by atoms with Crippen LogP contribution in [0.2, 0.25) is 0 Å². The summed E-state index contributed by atoms with van der Waals surface area (Å²) < 4.78 is 5.50. The molecule has 0 aromatic carbocycles. The third-order valence-corrected chi connectivity index (χ3v) is 2.60. The lowest BCUT2D eigenvalue weighted by Crippen LogP contribution is -2.00. The first-order valence-corrected chi connectivity index (χ1v) is 5.32. The van der Waals surface area contributed by atoms with Gasteiger partial charge in [0.15, 0.2) is 5.82 Å². The Morgan fingerprint density at radius 1 is 1.57 bits per heavy atom. The minimum Gasteiger partial charge on any atom is -0.378 e. The Morgan fingerprint density at radius 3 is 3.07 bits per heavy atom. The van der Waals surface area contributed by atoms with Gasteiger partial charge in [0.1, 0.15) is 5.82 Å². The SMILES string of the molecule is CCCc1nc(C2COC(C)C2)n[nH]1. The highest BCUT2D eigenvalue weighted by Crippen LogP contribution is 2.26. The van der Waals surface area contributed by atoms with Gasteiger partial charge in [0, 0.05) is 12.3 Å². The van der Waals surface area contributed by atoms with Gasteiger partial charge in [0.05, 0.1) is 12.7 Å². The number of aromatic amines is 1. The van der Waals surface area contributed by atoms with Crippen molar-refractivity contribution in [3.05, 3.63) is 11.6 Å². The molecule has 14 heavy (non-hydrogen) atoms. The summed E-state index contributed by atoms with van der Waals surface area (Å²) in [6, 6.07) is 0. The molecule has 1 aliphatic rings. The van der Waals surface area contributed by atoms with Gasteiger partial charge in [-0.3, -0.25) is 5.10 Å². The third kappa shape index (κ3) is 1.95. The summed E-state index contributed by atoms with van der Waals surface area (Å²) in [5.41, 5.74) is 0. The molecule has 1 aromatic heterocycles. The summed E-state index contributed by atoms with van der Waals surface area (Å²) in [5.74, 6) is 2.33. The summed E-state index contributed by atoms with van der Waals surface area (Å²) in [4.78, 5) is 4.47. The second kappa shape index (κ2) is 4.09. The lowest BCUT2D eigenvalue weighted by atomic mass is 10.1. The van der Waals surface area contributed by atoms with Crippen LogP contribution in [0.25, 0.3) is 0 Å². The molecule has 2 atom stereocenters. The monoisotopic (exact) mass is 195 g/mol. The fraction of sp³-hybridized carbons (Fsp3) is 0.800. The maximum atomic E-state index is 5.50. The number of H-pyrrole nitrogens is 1. The molecule has 4 nitrogen and oxygen atoms in total. The molecule has 2 rings (SSSR count). The van der Waals surface area contributed by atoms with Crippen LogP contribution in [0.1, 0.15) is 44.3 Å². The van der Waals surface area contributed by atoms with Gasteiger partial charge in [-0.2, -0.15) is 5.10 Å². The number of nitrogens with one attached hydrogen (secondary N) is 1. The smallest absolute Gasteiger partial charge is 0.156 e. The highest BCUT2D eigenvalue weighted by Gasteiger charge is 2.26. The van der Waals surface area contributed by atoms with E-state index in [9.17, 15) is 0 Å². The van der Waals surface area contributed by atoms with Crippen molar-refractivity contribution in [2.75, 3.05) is 6.61 Å². The molecule has 1 aromatic rings. The van der Waals surface area contributed by atoms with Crippen molar-refractivity contribution in [3.8, 4) is 0 Å². The second-order valence-electron chi connectivity index (χ2n) is 3.97. The molecular formula is C10H17N3O. The molecule has 0 aliphatic carbocycles. The summed E-state index contributed by atoms with van der Waals surface area (Å²) in [7, 11) is 0. The summed E-state index contributed by atoms with van der Waals surface area (Å²) >= 11 is 0. The van der Waals surface area contributed by atoms with Gasteiger partial charge in [-0.15, -0.1) is 0 Å². The van der Waals surface area contributed by atoms with E-state index in [2.05, 4.69) is 29.0 Å². The Balaban J connectivity index is 2.02. The fourth-order valence-corrected chi connectivity index (χ4v) is 1.84. The lowest BCUT2D eigenvalue weighted by Gasteiger charge is -1.99. The maximum absolute atomic E-state index is 5.50. The molecule has 2 unspecified atom stereocenters.